The van der Waals surface area contributed by atoms with Crippen LogP contribution in [0.2, 0.25) is 0 Å². The van der Waals surface area contributed by atoms with Crippen molar-refractivity contribution < 1.29 is 0 Å². The van der Waals surface area contributed by atoms with E-state index >= 15 is 0 Å². The minimum Gasteiger partial charge on any atom is -0.383 e. The molecule has 2 aromatic rings. The van der Waals surface area contributed by atoms with E-state index in [9.17, 15) is 0 Å². The summed E-state index contributed by atoms with van der Waals surface area (Å²) in [6, 6.07) is 3.70. The molecule has 5 nitrogen and oxygen atoms in total. The summed E-state index contributed by atoms with van der Waals surface area (Å²) in [4.78, 5) is 3.97. The number of aromatic amines is 1. The van der Waals surface area contributed by atoms with Crippen molar-refractivity contribution >= 4 is 11.6 Å². The van der Waals surface area contributed by atoms with Gasteiger partial charge in [-0.15, -0.1) is 0 Å². The molecule has 2 heterocycles. The zero-order chi connectivity index (χ0) is 9.26. The lowest BCUT2D eigenvalue weighted by molar-refractivity contribution is 1.11. The van der Waals surface area contributed by atoms with Crippen LogP contribution >= 0.6 is 0 Å². The van der Waals surface area contributed by atoms with Crippen LogP contribution in [-0.2, 0) is 0 Å². The Labute approximate surface area is 74.8 Å². The fourth-order valence-electron chi connectivity index (χ4n) is 1.18. The van der Waals surface area contributed by atoms with Crippen LogP contribution in [0.5, 0.6) is 0 Å². The monoisotopic (exact) mass is 175 g/mol. The molecule has 0 aromatic carbocycles. The zero-order valence-electron chi connectivity index (χ0n) is 6.86. The van der Waals surface area contributed by atoms with Gasteiger partial charge in [-0.25, -0.2) is 0 Å². The standard InChI is InChI=1S/C8H9N5/c9-7-6(8(10)13-12-7)5-2-1-3-11-4-5/h1-4H,(H5,9,10,12,13). The van der Waals surface area contributed by atoms with Gasteiger partial charge in [0, 0.05) is 18.0 Å². The molecule has 0 aliphatic carbocycles. The summed E-state index contributed by atoms with van der Waals surface area (Å²) in [7, 11) is 0. The van der Waals surface area contributed by atoms with Crippen molar-refractivity contribution in [2.45, 2.75) is 0 Å². The number of hydrogen-bond acceptors (Lipinski definition) is 4. The quantitative estimate of drug-likeness (QED) is 0.592. The number of rotatable bonds is 1. The van der Waals surface area contributed by atoms with E-state index in [0.717, 1.165) is 5.56 Å². The van der Waals surface area contributed by atoms with E-state index in [4.69, 9.17) is 11.5 Å². The second-order valence-electron chi connectivity index (χ2n) is 2.64. The molecule has 66 valence electrons. The van der Waals surface area contributed by atoms with Crippen LogP contribution < -0.4 is 11.5 Å². The minimum absolute atomic E-state index is 0.394. The van der Waals surface area contributed by atoms with Gasteiger partial charge in [-0.1, -0.05) is 6.07 Å². The topological polar surface area (TPSA) is 93.6 Å². The molecule has 0 atom stereocenters. The van der Waals surface area contributed by atoms with Crippen LogP contribution in [0.1, 0.15) is 0 Å². The first-order valence-corrected chi connectivity index (χ1v) is 3.78. The van der Waals surface area contributed by atoms with E-state index < -0.39 is 0 Å². The molecule has 2 aromatic heterocycles. The molecule has 0 spiro atoms. The Kier molecular flexibility index (Phi) is 1.63. The van der Waals surface area contributed by atoms with E-state index in [1.54, 1.807) is 12.4 Å². The summed E-state index contributed by atoms with van der Waals surface area (Å²) in [5.41, 5.74) is 12.9. The number of nitrogen functional groups attached to an aromatic ring is 2. The van der Waals surface area contributed by atoms with Gasteiger partial charge in [0.15, 0.2) is 5.82 Å². The van der Waals surface area contributed by atoms with E-state index in [1.165, 1.54) is 0 Å². The van der Waals surface area contributed by atoms with Gasteiger partial charge in [-0.3, -0.25) is 10.1 Å². The SMILES string of the molecule is Nc1n[nH]c(N)c1-c1cccnc1. The van der Waals surface area contributed by atoms with Crippen LogP contribution in [0.4, 0.5) is 11.6 Å². The van der Waals surface area contributed by atoms with Gasteiger partial charge in [-0.05, 0) is 6.07 Å². The second-order valence-corrected chi connectivity index (χ2v) is 2.64. The van der Waals surface area contributed by atoms with Crippen LogP contribution in [0.3, 0.4) is 0 Å². The van der Waals surface area contributed by atoms with Gasteiger partial charge < -0.3 is 11.5 Å². The molecule has 0 amide bonds. The Bertz CT molecular complexity index is 386. The van der Waals surface area contributed by atoms with Crippen molar-refractivity contribution in [1.29, 1.82) is 0 Å². The Morgan fingerprint density at radius 3 is 2.69 bits per heavy atom. The average Bonchev–Trinajstić information content (AvgIpc) is 2.48. The Balaban J connectivity index is 2.59. The van der Waals surface area contributed by atoms with Crippen molar-refractivity contribution in [3.8, 4) is 11.1 Å². The smallest absolute Gasteiger partial charge is 0.155 e. The lowest BCUT2D eigenvalue weighted by Gasteiger charge is -1.98. The van der Waals surface area contributed by atoms with Crippen molar-refractivity contribution in [3.63, 3.8) is 0 Å². The summed E-state index contributed by atoms with van der Waals surface area (Å²) in [6.07, 6.45) is 3.38. The van der Waals surface area contributed by atoms with Crippen LogP contribution in [0.25, 0.3) is 11.1 Å². The molecule has 0 fully saturated rings. The first kappa shape index (κ1) is 7.60. The molecular weight excluding hydrogens is 166 g/mol. The van der Waals surface area contributed by atoms with Crippen molar-refractivity contribution in [2.75, 3.05) is 11.5 Å². The molecule has 0 aliphatic rings. The highest BCUT2D eigenvalue weighted by Gasteiger charge is 2.09. The van der Waals surface area contributed by atoms with Crippen molar-refractivity contribution in [1.82, 2.24) is 15.2 Å². The molecule has 0 aliphatic heterocycles. The molecule has 5 heteroatoms. The molecule has 2 rings (SSSR count). The second kappa shape index (κ2) is 2.78. The van der Waals surface area contributed by atoms with Gasteiger partial charge >= 0.3 is 0 Å². The molecule has 0 saturated carbocycles. The molecule has 0 unspecified atom stereocenters. The maximum Gasteiger partial charge on any atom is 0.155 e. The van der Waals surface area contributed by atoms with Gasteiger partial charge in [0.2, 0.25) is 0 Å². The lowest BCUT2D eigenvalue weighted by atomic mass is 10.1. The van der Waals surface area contributed by atoms with Gasteiger partial charge in [-0.2, -0.15) is 5.10 Å². The molecular formula is C8H9N5. The first-order chi connectivity index (χ1) is 6.29. The number of aromatic nitrogens is 3. The number of nitrogens with zero attached hydrogens (tertiary/aromatic N) is 2. The number of anilines is 2. The normalized spacial score (nSPS) is 10.2. The van der Waals surface area contributed by atoms with E-state index in [-0.39, 0.29) is 0 Å². The number of nitrogens with one attached hydrogen (secondary N) is 1. The average molecular weight is 175 g/mol. The third kappa shape index (κ3) is 1.20. The highest BCUT2D eigenvalue weighted by molar-refractivity contribution is 5.82. The maximum atomic E-state index is 5.65. The van der Waals surface area contributed by atoms with E-state index in [1.807, 2.05) is 12.1 Å². The number of pyridine rings is 1. The van der Waals surface area contributed by atoms with Crippen LogP contribution in [0, 0.1) is 0 Å². The third-order valence-corrected chi connectivity index (χ3v) is 1.77. The predicted octanol–water partition coefficient (Wildman–Crippen LogP) is 0.636. The number of hydrogen-bond donors (Lipinski definition) is 3. The fraction of sp³-hybridized carbons (Fsp3) is 0. The van der Waals surface area contributed by atoms with E-state index in [0.29, 0.717) is 17.2 Å². The maximum absolute atomic E-state index is 5.65. The molecule has 0 radical (unpaired) electrons. The lowest BCUT2D eigenvalue weighted by Crippen LogP contribution is -1.91. The zero-order valence-corrected chi connectivity index (χ0v) is 6.86. The summed E-state index contributed by atoms with van der Waals surface area (Å²) in [5, 5.41) is 6.40. The summed E-state index contributed by atoms with van der Waals surface area (Å²) < 4.78 is 0. The summed E-state index contributed by atoms with van der Waals surface area (Å²) >= 11 is 0. The van der Waals surface area contributed by atoms with E-state index in [2.05, 4.69) is 15.2 Å². The third-order valence-electron chi connectivity index (χ3n) is 1.77. The Morgan fingerprint density at radius 1 is 1.31 bits per heavy atom. The molecule has 0 bridgehead atoms. The summed E-state index contributed by atoms with van der Waals surface area (Å²) in [6.45, 7) is 0. The number of nitrogens with two attached hydrogens (primary N) is 2. The summed E-state index contributed by atoms with van der Waals surface area (Å²) in [5.74, 6) is 0.857. The molecule has 0 saturated heterocycles. The fourth-order valence-corrected chi connectivity index (χ4v) is 1.18. The predicted molar refractivity (Wildman–Crippen MR) is 50.6 cm³/mol. The van der Waals surface area contributed by atoms with Crippen molar-refractivity contribution in [3.05, 3.63) is 24.5 Å². The highest BCUT2D eigenvalue weighted by atomic mass is 15.2. The van der Waals surface area contributed by atoms with Crippen LogP contribution in [-0.4, -0.2) is 15.2 Å². The van der Waals surface area contributed by atoms with Gasteiger partial charge in [0.05, 0.1) is 5.56 Å². The van der Waals surface area contributed by atoms with Crippen LogP contribution in [0.15, 0.2) is 24.5 Å². The first-order valence-electron chi connectivity index (χ1n) is 3.78. The number of H-pyrrole nitrogens is 1. The van der Waals surface area contributed by atoms with Gasteiger partial charge in [0.1, 0.15) is 5.82 Å². The Morgan fingerprint density at radius 2 is 2.15 bits per heavy atom. The largest absolute Gasteiger partial charge is 0.383 e. The highest BCUT2D eigenvalue weighted by Crippen LogP contribution is 2.28. The van der Waals surface area contributed by atoms with Gasteiger partial charge in [0.25, 0.3) is 0 Å². The Hall–Kier alpha value is -2.04. The molecule has 13 heavy (non-hydrogen) atoms. The van der Waals surface area contributed by atoms with Crippen molar-refractivity contribution in [2.24, 2.45) is 0 Å². The molecule has 5 N–H and O–H groups in total. The minimum atomic E-state index is 0.394.